The van der Waals surface area contributed by atoms with Crippen LogP contribution in [0.2, 0.25) is 0 Å². The van der Waals surface area contributed by atoms with Crippen LogP contribution >= 0.6 is 0 Å². The summed E-state index contributed by atoms with van der Waals surface area (Å²) < 4.78 is 11.9. The van der Waals surface area contributed by atoms with Gasteiger partial charge in [0.05, 0.1) is 0 Å². The summed E-state index contributed by atoms with van der Waals surface area (Å²) in [6.07, 6.45) is 0. The Kier molecular flexibility index (Phi) is 3.99. The predicted molar refractivity (Wildman–Crippen MR) is 76.7 cm³/mol. The van der Waals surface area contributed by atoms with E-state index >= 15 is 0 Å². The molecule has 0 saturated carbocycles. The quantitative estimate of drug-likeness (QED) is 0.760. The molecule has 18 heavy (non-hydrogen) atoms. The van der Waals surface area contributed by atoms with E-state index in [1.54, 1.807) is 0 Å². The summed E-state index contributed by atoms with van der Waals surface area (Å²) in [7, 11) is 0. The SMILES string of the molecule is Cc1c(OC(C)(C)C)ccc(OC(C)(C)C)c1C. The summed E-state index contributed by atoms with van der Waals surface area (Å²) in [5.41, 5.74) is 1.94. The van der Waals surface area contributed by atoms with Crippen LogP contribution in [-0.2, 0) is 0 Å². The number of hydrogen-bond donors (Lipinski definition) is 0. The summed E-state index contributed by atoms with van der Waals surface area (Å²) in [5.74, 6) is 1.86. The molecule has 0 aliphatic carbocycles. The topological polar surface area (TPSA) is 18.5 Å². The zero-order chi connectivity index (χ0) is 14.1. The van der Waals surface area contributed by atoms with Crippen LogP contribution < -0.4 is 9.47 Å². The van der Waals surface area contributed by atoms with Crippen molar-refractivity contribution < 1.29 is 9.47 Å². The Morgan fingerprint density at radius 3 is 1.17 bits per heavy atom. The lowest BCUT2D eigenvalue weighted by molar-refractivity contribution is 0.123. The molecule has 0 heterocycles. The van der Waals surface area contributed by atoms with Gasteiger partial charge in [-0.3, -0.25) is 0 Å². The number of benzene rings is 1. The molecule has 0 spiro atoms. The fourth-order valence-electron chi connectivity index (χ4n) is 1.65. The lowest BCUT2D eigenvalue weighted by atomic mass is 10.1. The van der Waals surface area contributed by atoms with Crippen molar-refractivity contribution >= 4 is 0 Å². The first-order valence-corrected chi connectivity index (χ1v) is 6.48. The molecule has 0 saturated heterocycles. The molecular weight excluding hydrogens is 224 g/mol. The highest BCUT2D eigenvalue weighted by Gasteiger charge is 2.18. The van der Waals surface area contributed by atoms with Crippen molar-refractivity contribution in [2.75, 3.05) is 0 Å². The van der Waals surface area contributed by atoms with Crippen molar-refractivity contribution in [3.05, 3.63) is 23.3 Å². The molecule has 0 radical (unpaired) electrons. The van der Waals surface area contributed by atoms with Gasteiger partial charge < -0.3 is 9.47 Å². The van der Waals surface area contributed by atoms with Crippen molar-refractivity contribution in [3.63, 3.8) is 0 Å². The lowest BCUT2D eigenvalue weighted by Crippen LogP contribution is -2.25. The maximum absolute atomic E-state index is 5.94. The van der Waals surface area contributed by atoms with Gasteiger partial charge >= 0.3 is 0 Å². The third kappa shape index (κ3) is 4.25. The molecule has 1 rings (SSSR count). The van der Waals surface area contributed by atoms with Crippen LogP contribution in [0.5, 0.6) is 11.5 Å². The zero-order valence-corrected chi connectivity index (χ0v) is 13.0. The molecule has 0 unspecified atom stereocenters. The van der Waals surface area contributed by atoms with Gasteiger partial charge in [0.1, 0.15) is 22.7 Å². The van der Waals surface area contributed by atoms with Crippen molar-refractivity contribution in [1.29, 1.82) is 0 Å². The third-order valence-electron chi connectivity index (χ3n) is 2.52. The fraction of sp³-hybridized carbons (Fsp3) is 0.625. The first-order chi connectivity index (χ1) is 7.99. The van der Waals surface area contributed by atoms with E-state index in [0.29, 0.717) is 0 Å². The van der Waals surface area contributed by atoms with Crippen molar-refractivity contribution in [3.8, 4) is 11.5 Å². The molecule has 0 N–H and O–H groups in total. The fourth-order valence-corrected chi connectivity index (χ4v) is 1.65. The number of ether oxygens (including phenoxy) is 2. The zero-order valence-electron chi connectivity index (χ0n) is 13.0. The second-order valence-electron chi connectivity index (χ2n) is 6.74. The van der Waals surface area contributed by atoms with Crippen LogP contribution in [0.1, 0.15) is 52.7 Å². The Labute approximate surface area is 111 Å². The summed E-state index contributed by atoms with van der Waals surface area (Å²) in [5, 5.41) is 0. The Morgan fingerprint density at radius 1 is 0.667 bits per heavy atom. The van der Waals surface area contributed by atoms with Gasteiger partial charge in [0, 0.05) is 0 Å². The molecule has 102 valence electrons. The average molecular weight is 250 g/mol. The van der Waals surface area contributed by atoms with E-state index in [1.165, 1.54) is 0 Å². The summed E-state index contributed by atoms with van der Waals surface area (Å²) in [4.78, 5) is 0. The molecule has 1 aromatic rings. The van der Waals surface area contributed by atoms with Gasteiger partial charge in [-0.05, 0) is 78.6 Å². The van der Waals surface area contributed by atoms with Gasteiger partial charge in [-0.25, -0.2) is 0 Å². The molecule has 0 atom stereocenters. The first kappa shape index (κ1) is 14.9. The minimum absolute atomic E-state index is 0.177. The molecular formula is C16H26O2. The highest BCUT2D eigenvalue weighted by Crippen LogP contribution is 2.32. The molecule has 0 bridgehead atoms. The standard InChI is InChI=1S/C16H26O2/c1-11-12(2)14(18-16(6,7)8)10-9-13(11)17-15(3,4)5/h9-10H,1-8H3. The second kappa shape index (κ2) is 4.83. The second-order valence-corrected chi connectivity index (χ2v) is 6.74. The molecule has 0 amide bonds. The van der Waals surface area contributed by atoms with E-state index in [2.05, 4.69) is 55.4 Å². The van der Waals surface area contributed by atoms with Crippen molar-refractivity contribution in [2.45, 2.75) is 66.6 Å². The smallest absolute Gasteiger partial charge is 0.123 e. The monoisotopic (exact) mass is 250 g/mol. The molecule has 0 fully saturated rings. The Balaban J connectivity index is 3.06. The lowest BCUT2D eigenvalue weighted by Gasteiger charge is -2.26. The summed E-state index contributed by atoms with van der Waals surface area (Å²) in [6.45, 7) is 16.5. The van der Waals surface area contributed by atoms with Crippen LogP contribution in [-0.4, -0.2) is 11.2 Å². The molecule has 0 aliphatic rings. The van der Waals surface area contributed by atoms with E-state index in [1.807, 2.05) is 12.1 Å². The van der Waals surface area contributed by atoms with Crippen LogP contribution in [0.4, 0.5) is 0 Å². The van der Waals surface area contributed by atoms with Crippen LogP contribution in [0.25, 0.3) is 0 Å². The van der Waals surface area contributed by atoms with Crippen LogP contribution in [0, 0.1) is 13.8 Å². The third-order valence-corrected chi connectivity index (χ3v) is 2.52. The molecule has 1 aromatic carbocycles. The summed E-state index contributed by atoms with van der Waals surface area (Å²) >= 11 is 0. The Morgan fingerprint density at radius 2 is 0.944 bits per heavy atom. The van der Waals surface area contributed by atoms with E-state index < -0.39 is 0 Å². The number of hydrogen-bond acceptors (Lipinski definition) is 2. The predicted octanol–water partition coefficient (Wildman–Crippen LogP) is 4.66. The van der Waals surface area contributed by atoms with E-state index in [-0.39, 0.29) is 11.2 Å². The minimum atomic E-state index is -0.177. The molecule has 0 aliphatic heterocycles. The Bertz CT molecular complexity index is 379. The summed E-state index contributed by atoms with van der Waals surface area (Å²) in [6, 6.07) is 3.99. The average Bonchev–Trinajstić information content (AvgIpc) is 2.14. The Hall–Kier alpha value is -1.18. The van der Waals surface area contributed by atoms with Crippen LogP contribution in [0.3, 0.4) is 0 Å². The van der Waals surface area contributed by atoms with Gasteiger partial charge in [-0.15, -0.1) is 0 Å². The van der Waals surface area contributed by atoms with Gasteiger partial charge in [-0.1, -0.05) is 0 Å². The molecule has 0 aromatic heterocycles. The van der Waals surface area contributed by atoms with Crippen molar-refractivity contribution in [2.24, 2.45) is 0 Å². The van der Waals surface area contributed by atoms with Crippen LogP contribution in [0.15, 0.2) is 12.1 Å². The van der Waals surface area contributed by atoms with Gasteiger partial charge in [0.2, 0.25) is 0 Å². The largest absolute Gasteiger partial charge is 0.488 e. The van der Waals surface area contributed by atoms with Crippen molar-refractivity contribution in [1.82, 2.24) is 0 Å². The van der Waals surface area contributed by atoms with Gasteiger partial charge in [-0.2, -0.15) is 0 Å². The number of rotatable bonds is 2. The van der Waals surface area contributed by atoms with E-state index in [4.69, 9.17) is 9.47 Å². The van der Waals surface area contributed by atoms with E-state index in [9.17, 15) is 0 Å². The first-order valence-electron chi connectivity index (χ1n) is 6.48. The maximum atomic E-state index is 5.94. The maximum Gasteiger partial charge on any atom is 0.123 e. The highest BCUT2D eigenvalue weighted by molar-refractivity contribution is 5.47. The highest BCUT2D eigenvalue weighted by atomic mass is 16.5. The van der Waals surface area contributed by atoms with Gasteiger partial charge in [0.15, 0.2) is 0 Å². The van der Waals surface area contributed by atoms with E-state index in [0.717, 1.165) is 22.6 Å². The normalized spacial score (nSPS) is 12.4. The minimum Gasteiger partial charge on any atom is -0.488 e. The molecule has 2 nitrogen and oxygen atoms in total. The van der Waals surface area contributed by atoms with Gasteiger partial charge in [0.25, 0.3) is 0 Å². The molecule has 2 heteroatoms.